The molecule has 1 aliphatic heterocycles. The highest BCUT2D eigenvalue weighted by molar-refractivity contribution is 7.89. The van der Waals surface area contributed by atoms with Crippen molar-refractivity contribution in [3.63, 3.8) is 0 Å². The summed E-state index contributed by atoms with van der Waals surface area (Å²) in [4.78, 5) is 11.3. The number of carbonyl (C=O) groups excluding carboxylic acids is 1. The number of sulfonamides is 1. The van der Waals surface area contributed by atoms with Crippen LogP contribution in [-0.4, -0.2) is 37.8 Å². The van der Waals surface area contributed by atoms with Crippen LogP contribution in [0.15, 0.2) is 23.1 Å². The predicted octanol–water partition coefficient (Wildman–Crippen LogP) is 2.72. The molecule has 0 spiro atoms. The van der Waals surface area contributed by atoms with Crippen molar-refractivity contribution in [2.45, 2.75) is 50.5 Å². The van der Waals surface area contributed by atoms with Gasteiger partial charge in [-0.05, 0) is 43.9 Å². The highest BCUT2D eigenvalue weighted by Gasteiger charge is 2.34. The molecule has 0 unspecified atom stereocenters. The number of benzene rings is 1. The van der Waals surface area contributed by atoms with Crippen LogP contribution in [0, 0.1) is 6.92 Å². The lowest BCUT2D eigenvalue weighted by molar-refractivity contribution is -0.119. The Bertz CT molecular complexity index is 676. The van der Waals surface area contributed by atoms with E-state index < -0.39 is 10.0 Å². The maximum Gasteiger partial charge on any atom is 0.243 e. The molecule has 1 amide bonds. The first-order chi connectivity index (χ1) is 10.8. The first-order valence-electron chi connectivity index (χ1n) is 7.85. The highest BCUT2D eigenvalue weighted by Crippen LogP contribution is 2.30. The number of carbonyl (C=O) groups is 1. The summed E-state index contributed by atoms with van der Waals surface area (Å²) in [6, 6.07) is 4.88. The summed E-state index contributed by atoms with van der Waals surface area (Å²) in [7, 11) is -3.58. The summed E-state index contributed by atoms with van der Waals surface area (Å²) in [5, 5.41) is 3.20. The second kappa shape index (κ2) is 7.64. The van der Waals surface area contributed by atoms with Crippen LogP contribution in [0.5, 0.6) is 0 Å². The third-order valence-electron chi connectivity index (χ3n) is 4.23. The van der Waals surface area contributed by atoms with E-state index in [1.54, 1.807) is 29.4 Å². The van der Waals surface area contributed by atoms with E-state index in [1.165, 1.54) is 6.92 Å². The molecule has 0 saturated carbocycles. The van der Waals surface area contributed by atoms with Gasteiger partial charge in [0.15, 0.2) is 0 Å². The lowest BCUT2D eigenvalue weighted by Crippen LogP contribution is -2.45. The number of amides is 1. The van der Waals surface area contributed by atoms with Gasteiger partial charge in [0.1, 0.15) is 0 Å². The number of hydrogen-bond acceptors (Lipinski definition) is 3. The number of hydrogen-bond donors (Lipinski definition) is 1. The Morgan fingerprint density at radius 1 is 1.39 bits per heavy atom. The molecule has 1 fully saturated rings. The average molecular weight is 359 g/mol. The van der Waals surface area contributed by atoms with Crippen molar-refractivity contribution in [1.82, 2.24) is 9.62 Å². The fourth-order valence-electron chi connectivity index (χ4n) is 2.99. The van der Waals surface area contributed by atoms with Gasteiger partial charge in [-0.25, -0.2) is 8.42 Å². The Balaban J connectivity index is 2.24. The zero-order valence-electron chi connectivity index (χ0n) is 13.5. The molecule has 128 valence electrons. The number of piperidine rings is 1. The maximum absolute atomic E-state index is 13.0. The second-order valence-corrected chi connectivity index (χ2v) is 8.17. The molecule has 0 bridgehead atoms. The first-order valence-corrected chi connectivity index (χ1v) is 9.67. The van der Waals surface area contributed by atoms with Crippen molar-refractivity contribution in [2.75, 3.05) is 13.1 Å². The quantitative estimate of drug-likeness (QED) is 0.880. The van der Waals surface area contributed by atoms with Crippen LogP contribution < -0.4 is 5.32 Å². The van der Waals surface area contributed by atoms with E-state index in [-0.39, 0.29) is 16.8 Å². The van der Waals surface area contributed by atoms with E-state index in [2.05, 4.69) is 5.32 Å². The Morgan fingerprint density at radius 2 is 2.13 bits per heavy atom. The fraction of sp³-hybridized carbons (Fsp3) is 0.562. The molecule has 23 heavy (non-hydrogen) atoms. The first kappa shape index (κ1) is 18.2. The molecule has 0 radical (unpaired) electrons. The highest BCUT2D eigenvalue weighted by atomic mass is 35.5. The van der Waals surface area contributed by atoms with E-state index in [4.69, 9.17) is 11.6 Å². The summed E-state index contributed by atoms with van der Waals surface area (Å²) in [6.45, 7) is 4.19. The number of halogens is 1. The SMILES string of the molecule is CC(=O)NCC[C@@H]1CCCCN1S(=O)(=O)c1cccc(Cl)c1C. The average Bonchev–Trinajstić information content (AvgIpc) is 2.50. The molecule has 5 nitrogen and oxygen atoms in total. The van der Waals surface area contributed by atoms with E-state index in [0.29, 0.717) is 30.1 Å². The van der Waals surface area contributed by atoms with Gasteiger partial charge in [-0.2, -0.15) is 4.31 Å². The molecule has 1 atom stereocenters. The van der Waals surface area contributed by atoms with Gasteiger partial charge in [-0.3, -0.25) is 4.79 Å². The molecular formula is C16H23ClN2O3S. The van der Waals surface area contributed by atoms with Crippen LogP contribution in [0.2, 0.25) is 5.02 Å². The van der Waals surface area contributed by atoms with Crippen LogP contribution in [-0.2, 0) is 14.8 Å². The number of rotatable bonds is 5. The monoisotopic (exact) mass is 358 g/mol. The lowest BCUT2D eigenvalue weighted by Gasteiger charge is -2.35. The van der Waals surface area contributed by atoms with Crippen molar-refractivity contribution in [1.29, 1.82) is 0 Å². The van der Waals surface area contributed by atoms with E-state index in [1.807, 2.05) is 0 Å². The molecule has 0 aromatic heterocycles. The predicted molar refractivity (Wildman–Crippen MR) is 91.0 cm³/mol. The Kier molecular flexibility index (Phi) is 6.06. The van der Waals surface area contributed by atoms with E-state index >= 15 is 0 Å². The number of nitrogens with one attached hydrogen (secondary N) is 1. The molecule has 0 aliphatic carbocycles. The minimum Gasteiger partial charge on any atom is -0.356 e. The second-order valence-electron chi connectivity index (χ2n) is 5.90. The van der Waals surface area contributed by atoms with Crippen molar-refractivity contribution in [2.24, 2.45) is 0 Å². The zero-order valence-corrected chi connectivity index (χ0v) is 15.1. The molecule has 1 aromatic carbocycles. The van der Waals surface area contributed by atoms with Gasteiger partial charge in [-0.15, -0.1) is 0 Å². The minimum atomic E-state index is -3.58. The molecular weight excluding hydrogens is 336 g/mol. The van der Waals surface area contributed by atoms with E-state index in [0.717, 1.165) is 19.3 Å². The van der Waals surface area contributed by atoms with Gasteiger partial charge >= 0.3 is 0 Å². The molecule has 1 aromatic rings. The summed E-state index contributed by atoms with van der Waals surface area (Å²) >= 11 is 6.08. The Morgan fingerprint density at radius 3 is 2.83 bits per heavy atom. The molecule has 1 N–H and O–H groups in total. The summed E-state index contributed by atoms with van der Waals surface area (Å²) in [6.07, 6.45) is 3.30. The normalized spacial score (nSPS) is 19.5. The number of nitrogens with zero attached hydrogens (tertiary/aromatic N) is 1. The van der Waals surface area contributed by atoms with Gasteiger partial charge < -0.3 is 5.32 Å². The summed E-state index contributed by atoms with van der Waals surface area (Å²) in [5.41, 5.74) is 0.584. The van der Waals surface area contributed by atoms with Gasteiger partial charge in [-0.1, -0.05) is 24.1 Å². The smallest absolute Gasteiger partial charge is 0.243 e. The standard InChI is InChI=1S/C16H23ClN2O3S/c1-12-15(17)7-5-8-16(12)23(21,22)19-11-4-3-6-14(19)9-10-18-13(2)20/h5,7-8,14H,3-4,6,9-11H2,1-2H3,(H,18,20)/t14-/m0/s1. The molecule has 7 heteroatoms. The van der Waals surface area contributed by atoms with Crippen LogP contribution in [0.25, 0.3) is 0 Å². The Hall–Kier alpha value is -1.11. The van der Waals surface area contributed by atoms with Crippen LogP contribution in [0.3, 0.4) is 0 Å². The lowest BCUT2D eigenvalue weighted by atomic mass is 10.0. The van der Waals surface area contributed by atoms with Gasteiger partial charge in [0.25, 0.3) is 0 Å². The third kappa shape index (κ3) is 4.25. The fourth-order valence-corrected chi connectivity index (χ4v) is 5.19. The minimum absolute atomic E-state index is 0.0843. The van der Waals surface area contributed by atoms with Crippen molar-refractivity contribution < 1.29 is 13.2 Å². The zero-order chi connectivity index (χ0) is 17.0. The summed E-state index contributed by atoms with van der Waals surface area (Å²) in [5.74, 6) is -0.0964. The van der Waals surface area contributed by atoms with Crippen molar-refractivity contribution in [3.8, 4) is 0 Å². The third-order valence-corrected chi connectivity index (χ3v) is 6.73. The van der Waals surface area contributed by atoms with E-state index in [9.17, 15) is 13.2 Å². The van der Waals surface area contributed by atoms with Crippen LogP contribution in [0.1, 0.15) is 38.2 Å². The van der Waals surface area contributed by atoms with Crippen molar-refractivity contribution >= 4 is 27.5 Å². The van der Waals surface area contributed by atoms with Crippen molar-refractivity contribution in [3.05, 3.63) is 28.8 Å². The van der Waals surface area contributed by atoms with Gasteiger partial charge in [0.2, 0.25) is 15.9 Å². The molecule has 1 heterocycles. The molecule has 1 saturated heterocycles. The molecule has 2 rings (SSSR count). The van der Waals surface area contributed by atoms with Gasteiger partial charge in [0.05, 0.1) is 4.90 Å². The molecule has 1 aliphatic rings. The van der Waals surface area contributed by atoms with Gasteiger partial charge in [0, 0.05) is 31.1 Å². The summed E-state index contributed by atoms with van der Waals surface area (Å²) < 4.78 is 27.7. The largest absolute Gasteiger partial charge is 0.356 e. The maximum atomic E-state index is 13.0. The van der Waals surface area contributed by atoms with Crippen LogP contribution >= 0.6 is 11.6 Å². The Labute approximate surface area is 143 Å². The topological polar surface area (TPSA) is 66.5 Å². The van der Waals surface area contributed by atoms with Crippen LogP contribution in [0.4, 0.5) is 0 Å².